The summed E-state index contributed by atoms with van der Waals surface area (Å²) in [5.74, 6) is 0.489. The second-order valence-corrected chi connectivity index (χ2v) is 4.31. The molecule has 4 nitrogen and oxygen atoms in total. The Balaban J connectivity index is 1.89. The fraction of sp³-hybridized carbons (Fsp3) is 0.0625. The van der Waals surface area contributed by atoms with Crippen molar-refractivity contribution in [3.05, 3.63) is 66.1 Å². The minimum absolute atomic E-state index is 0.371. The Morgan fingerprint density at radius 1 is 1.10 bits per heavy atom. The zero-order chi connectivity index (χ0) is 13.8. The first kappa shape index (κ1) is 12.3. The van der Waals surface area contributed by atoms with E-state index >= 15 is 0 Å². The third kappa shape index (κ3) is 2.36. The van der Waals surface area contributed by atoms with E-state index in [1.807, 2.05) is 30.3 Å². The molecule has 20 heavy (non-hydrogen) atoms. The fourth-order valence-electron chi connectivity index (χ4n) is 2.06. The van der Waals surface area contributed by atoms with Crippen molar-refractivity contribution in [2.45, 2.75) is 6.61 Å². The van der Waals surface area contributed by atoms with Crippen LogP contribution in [0.3, 0.4) is 0 Å². The van der Waals surface area contributed by atoms with Crippen molar-refractivity contribution in [2.24, 2.45) is 0 Å². The van der Waals surface area contributed by atoms with E-state index in [4.69, 9.17) is 4.74 Å². The lowest BCUT2D eigenvalue weighted by Crippen LogP contribution is -1.99. The standard InChI is InChI=1S/C16H12N2O2/c19-10-12-6-8-17-9-16(12)20-11-13-3-1-5-15-14(13)4-2-7-18-15/h1-10H,11H2. The molecule has 0 N–H and O–H groups in total. The summed E-state index contributed by atoms with van der Waals surface area (Å²) >= 11 is 0. The molecule has 0 saturated heterocycles. The zero-order valence-electron chi connectivity index (χ0n) is 10.7. The fourth-order valence-corrected chi connectivity index (χ4v) is 2.06. The number of carbonyl (C=O) groups is 1. The van der Waals surface area contributed by atoms with Gasteiger partial charge in [-0.3, -0.25) is 14.8 Å². The van der Waals surface area contributed by atoms with Gasteiger partial charge >= 0.3 is 0 Å². The van der Waals surface area contributed by atoms with Crippen molar-refractivity contribution < 1.29 is 9.53 Å². The molecule has 2 aromatic heterocycles. The van der Waals surface area contributed by atoms with Crippen LogP contribution in [0.4, 0.5) is 0 Å². The highest BCUT2D eigenvalue weighted by Crippen LogP contribution is 2.20. The Hall–Kier alpha value is -2.75. The van der Waals surface area contributed by atoms with Crippen LogP contribution < -0.4 is 4.74 Å². The van der Waals surface area contributed by atoms with Gasteiger partial charge in [0.05, 0.1) is 17.3 Å². The van der Waals surface area contributed by atoms with Crippen LogP contribution in [0.15, 0.2) is 55.0 Å². The van der Waals surface area contributed by atoms with Crippen LogP contribution >= 0.6 is 0 Å². The quantitative estimate of drug-likeness (QED) is 0.680. The van der Waals surface area contributed by atoms with Gasteiger partial charge in [-0.15, -0.1) is 0 Å². The van der Waals surface area contributed by atoms with E-state index in [2.05, 4.69) is 9.97 Å². The van der Waals surface area contributed by atoms with Gasteiger partial charge in [0.1, 0.15) is 12.4 Å². The summed E-state index contributed by atoms with van der Waals surface area (Å²) in [6, 6.07) is 11.4. The van der Waals surface area contributed by atoms with Gasteiger partial charge in [-0.05, 0) is 23.8 Å². The molecule has 0 spiro atoms. The molecule has 0 atom stereocenters. The second-order valence-electron chi connectivity index (χ2n) is 4.31. The van der Waals surface area contributed by atoms with E-state index in [1.165, 1.54) is 0 Å². The van der Waals surface area contributed by atoms with Crippen molar-refractivity contribution in [1.29, 1.82) is 0 Å². The Morgan fingerprint density at radius 2 is 2.05 bits per heavy atom. The molecule has 0 bridgehead atoms. The third-order valence-corrected chi connectivity index (χ3v) is 3.06. The molecule has 0 unspecified atom stereocenters. The molecule has 0 aliphatic rings. The molecule has 0 radical (unpaired) electrons. The lowest BCUT2D eigenvalue weighted by Gasteiger charge is -2.09. The summed E-state index contributed by atoms with van der Waals surface area (Å²) in [7, 11) is 0. The van der Waals surface area contributed by atoms with Crippen molar-refractivity contribution in [3.8, 4) is 5.75 Å². The van der Waals surface area contributed by atoms with Crippen molar-refractivity contribution in [1.82, 2.24) is 9.97 Å². The van der Waals surface area contributed by atoms with Gasteiger partial charge in [-0.2, -0.15) is 0 Å². The number of hydrogen-bond acceptors (Lipinski definition) is 4. The van der Waals surface area contributed by atoms with E-state index < -0.39 is 0 Å². The maximum atomic E-state index is 10.9. The molecule has 0 aliphatic carbocycles. The maximum absolute atomic E-state index is 10.9. The lowest BCUT2D eigenvalue weighted by molar-refractivity contribution is 0.111. The van der Waals surface area contributed by atoms with E-state index in [1.54, 1.807) is 24.7 Å². The van der Waals surface area contributed by atoms with Crippen LogP contribution in [0.1, 0.15) is 15.9 Å². The maximum Gasteiger partial charge on any atom is 0.153 e. The van der Waals surface area contributed by atoms with Crippen LogP contribution in [-0.4, -0.2) is 16.3 Å². The topological polar surface area (TPSA) is 52.1 Å². The lowest BCUT2D eigenvalue weighted by atomic mass is 10.1. The average Bonchev–Trinajstić information content (AvgIpc) is 2.53. The molecular weight excluding hydrogens is 252 g/mol. The summed E-state index contributed by atoms with van der Waals surface area (Å²) < 4.78 is 5.70. The molecule has 1 aromatic carbocycles. The van der Waals surface area contributed by atoms with Gasteiger partial charge in [0.25, 0.3) is 0 Å². The van der Waals surface area contributed by atoms with Crippen molar-refractivity contribution in [2.75, 3.05) is 0 Å². The molecular formula is C16H12N2O2. The van der Waals surface area contributed by atoms with Gasteiger partial charge in [0.2, 0.25) is 0 Å². The Labute approximate surface area is 116 Å². The number of rotatable bonds is 4. The predicted molar refractivity (Wildman–Crippen MR) is 75.7 cm³/mol. The highest BCUT2D eigenvalue weighted by molar-refractivity contribution is 5.82. The molecule has 98 valence electrons. The SMILES string of the molecule is O=Cc1ccncc1OCc1cccc2ncccc12. The normalized spacial score (nSPS) is 10.4. The highest BCUT2D eigenvalue weighted by atomic mass is 16.5. The number of fused-ring (bicyclic) bond motifs is 1. The number of nitrogens with zero attached hydrogens (tertiary/aromatic N) is 2. The smallest absolute Gasteiger partial charge is 0.153 e. The van der Waals surface area contributed by atoms with E-state index in [-0.39, 0.29) is 0 Å². The predicted octanol–water partition coefficient (Wildman–Crippen LogP) is 3.02. The summed E-state index contributed by atoms with van der Waals surface area (Å²) in [6.45, 7) is 0.371. The summed E-state index contributed by atoms with van der Waals surface area (Å²) in [5, 5.41) is 1.05. The molecule has 0 amide bonds. The number of carbonyl (C=O) groups excluding carboxylic acids is 1. The van der Waals surface area contributed by atoms with Crippen LogP contribution in [0, 0.1) is 0 Å². The van der Waals surface area contributed by atoms with Crippen LogP contribution in [0.5, 0.6) is 5.75 Å². The third-order valence-electron chi connectivity index (χ3n) is 3.06. The van der Waals surface area contributed by atoms with Crippen LogP contribution in [-0.2, 0) is 6.61 Å². The largest absolute Gasteiger partial charge is 0.487 e. The number of aromatic nitrogens is 2. The van der Waals surface area contributed by atoms with E-state index in [0.717, 1.165) is 22.8 Å². The number of benzene rings is 1. The molecule has 0 fully saturated rings. The van der Waals surface area contributed by atoms with Gasteiger partial charge in [-0.25, -0.2) is 0 Å². The summed E-state index contributed by atoms with van der Waals surface area (Å²) in [4.78, 5) is 19.2. The van der Waals surface area contributed by atoms with Gasteiger partial charge in [-0.1, -0.05) is 18.2 Å². The van der Waals surface area contributed by atoms with Crippen LogP contribution in [0.25, 0.3) is 10.9 Å². The number of hydrogen-bond donors (Lipinski definition) is 0. The van der Waals surface area contributed by atoms with Gasteiger partial charge in [0.15, 0.2) is 6.29 Å². The molecule has 2 heterocycles. The second kappa shape index (κ2) is 5.48. The first-order valence-electron chi connectivity index (χ1n) is 6.23. The Kier molecular flexibility index (Phi) is 3.37. The van der Waals surface area contributed by atoms with Gasteiger partial charge in [0, 0.05) is 17.8 Å². The molecule has 3 aromatic rings. The molecule has 3 rings (SSSR count). The molecule has 4 heteroatoms. The average molecular weight is 264 g/mol. The highest BCUT2D eigenvalue weighted by Gasteiger charge is 2.05. The van der Waals surface area contributed by atoms with Crippen molar-refractivity contribution in [3.63, 3.8) is 0 Å². The molecule has 0 saturated carbocycles. The summed E-state index contributed by atoms with van der Waals surface area (Å²) in [6.07, 6.45) is 5.64. The van der Waals surface area contributed by atoms with E-state index in [0.29, 0.717) is 17.9 Å². The first-order valence-corrected chi connectivity index (χ1v) is 6.23. The minimum atomic E-state index is 0.371. The number of aldehydes is 1. The van der Waals surface area contributed by atoms with Crippen LogP contribution in [0.2, 0.25) is 0 Å². The monoisotopic (exact) mass is 264 g/mol. The minimum Gasteiger partial charge on any atom is -0.487 e. The van der Waals surface area contributed by atoms with Crippen molar-refractivity contribution >= 4 is 17.2 Å². The van der Waals surface area contributed by atoms with E-state index in [9.17, 15) is 4.79 Å². The van der Waals surface area contributed by atoms with Gasteiger partial charge < -0.3 is 4.74 Å². The Bertz CT molecular complexity index is 751. The summed E-state index contributed by atoms with van der Waals surface area (Å²) in [5.41, 5.74) is 2.45. The zero-order valence-corrected chi connectivity index (χ0v) is 10.7. The number of pyridine rings is 2. The molecule has 0 aliphatic heterocycles. The first-order chi connectivity index (χ1) is 9.88. The number of ether oxygens (including phenoxy) is 1. The Morgan fingerprint density at radius 3 is 2.95 bits per heavy atom.